The van der Waals surface area contributed by atoms with E-state index < -0.39 is 36.3 Å². The highest BCUT2D eigenvalue weighted by molar-refractivity contribution is 5.97. The summed E-state index contributed by atoms with van der Waals surface area (Å²) < 4.78 is 10.8. The molecule has 1 amide bonds. The summed E-state index contributed by atoms with van der Waals surface area (Å²) in [7, 11) is 0. The summed E-state index contributed by atoms with van der Waals surface area (Å²) in [6.07, 6.45) is -5.08. The number of Topliss-reactive ketones (excluding diaryl/α,β-unsaturated/α-hetero) is 1. The highest BCUT2D eigenvalue weighted by Gasteiger charge is 2.47. The fourth-order valence-electron chi connectivity index (χ4n) is 2.82. The van der Waals surface area contributed by atoms with Crippen LogP contribution in [0.5, 0.6) is 0 Å². The second-order valence-electron chi connectivity index (χ2n) is 6.21. The third-order valence-corrected chi connectivity index (χ3v) is 4.27. The molecule has 7 nitrogen and oxygen atoms in total. The first-order valence-corrected chi connectivity index (χ1v) is 8.59. The number of aliphatic hydroxyl groups is 2. The molecule has 1 aliphatic heterocycles. The van der Waals surface area contributed by atoms with E-state index in [9.17, 15) is 19.8 Å². The van der Waals surface area contributed by atoms with Gasteiger partial charge in [-0.25, -0.2) is 0 Å². The lowest BCUT2D eigenvalue weighted by Gasteiger charge is -2.20. The van der Waals surface area contributed by atoms with E-state index in [1.165, 1.54) is 0 Å². The van der Waals surface area contributed by atoms with Crippen molar-refractivity contribution in [3.8, 4) is 0 Å². The maximum absolute atomic E-state index is 12.5. The molecule has 0 aliphatic carbocycles. The van der Waals surface area contributed by atoms with Gasteiger partial charge in [-0.15, -0.1) is 0 Å². The van der Waals surface area contributed by atoms with Crippen LogP contribution >= 0.6 is 0 Å². The molecule has 4 atom stereocenters. The monoisotopic (exact) mass is 371 g/mol. The van der Waals surface area contributed by atoms with Crippen LogP contribution in [0, 0.1) is 0 Å². The number of rotatable bonds is 7. The summed E-state index contributed by atoms with van der Waals surface area (Å²) in [4.78, 5) is 24.5. The lowest BCUT2D eigenvalue weighted by molar-refractivity contribution is -0.148. The molecule has 0 spiro atoms. The maximum Gasteiger partial charge on any atom is 0.251 e. The van der Waals surface area contributed by atoms with Crippen LogP contribution in [0.15, 0.2) is 60.7 Å². The van der Waals surface area contributed by atoms with E-state index >= 15 is 0 Å². The Morgan fingerprint density at radius 3 is 2.30 bits per heavy atom. The Labute approximate surface area is 156 Å². The van der Waals surface area contributed by atoms with Crippen LogP contribution in [0.3, 0.4) is 0 Å². The molecule has 142 valence electrons. The van der Waals surface area contributed by atoms with E-state index in [1.54, 1.807) is 30.3 Å². The lowest BCUT2D eigenvalue weighted by Crippen LogP contribution is -2.43. The number of hydrogen-bond acceptors (Lipinski definition) is 6. The number of carbonyl (C=O) groups excluding carboxylic acids is 2. The second kappa shape index (κ2) is 8.88. The van der Waals surface area contributed by atoms with Crippen LogP contribution in [0.4, 0.5) is 0 Å². The molecule has 7 heteroatoms. The van der Waals surface area contributed by atoms with Gasteiger partial charge in [0.1, 0.15) is 18.3 Å². The van der Waals surface area contributed by atoms with Crippen LogP contribution in [0.2, 0.25) is 0 Å². The summed E-state index contributed by atoms with van der Waals surface area (Å²) in [6, 6.07) is 17.7. The highest BCUT2D eigenvalue weighted by Crippen LogP contribution is 2.24. The number of benzene rings is 2. The molecule has 1 heterocycles. The summed E-state index contributed by atoms with van der Waals surface area (Å²) in [5.41, 5.74) is 1.28. The van der Waals surface area contributed by atoms with E-state index in [-0.39, 0.29) is 13.2 Å². The molecule has 3 N–H and O–H groups in total. The van der Waals surface area contributed by atoms with Gasteiger partial charge in [-0.1, -0.05) is 48.5 Å². The van der Waals surface area contributed by atoms with Crippen LogP contribution in [0.25, 0.3) is 0 Å². The molecule has 0 aromatic heterocycles. The van der Waals surface area contributed by atoms with E-state index in [4.69, 9.17) is 9.47 Å². The second-order valence-corrected chi connectivity index (χ2v) is 6.21. The van der Waals surface area contributed by atoms with Crippen molar-refractivity contribution in [2.45, 2.75) is 31.2 Å². The molecule has 27 heavy (non-hydrogen) atoms. The van der Waals surface area contributed by atoms with Crippen molar-refractivity contribution >= 4 is 11.7 Å². The van der Waals surface area contributed by atoms with Gasteiger partial charge in [-0.3, -0.25) is 9.59 Å². The van der Waals surface area contributed by atoms with Gasteiger partial charge in [-0.05, 0) is 17.7 Å². The van der Waals surface area contributed by atoms with E-state index in [1.807, 2.05) is 30.3 Å². The number of carbonyl (C=O) groups is 2. The topological polar surface area (TPSA) is 105 Å². The number of ether oxygens (including phenoxy) is 2. The largest absolute Gasteiger partial charge is 0.385 e. The molecule has 2 aromatic rings. The molecule has 1 saturated heterocycles. The molecule has 0 bridgehead atoms. The zero-order valence-electron chi connectivity index (χ0n) is 14.5. The summed E-state index contributed by atoms with van der Waals surface area (Å²) >= 11 is 0. The van der Waals surface area contributed by atoms with Crippen LogP contribution in [0.1, 0.15) is 15.9 Å². The van der Waals surface area contributed by atoms with Gasteiger partial charge in [0.2, 0.25) is 0 Å². The number of aliphatic hydroxyl groups excluding tert-OH is 2. The first kappa shape index (κ1) is 19.2. The van der Waals surface area contributed by atoms with Crippen molar-refractivity contribution in [1.29, 1.82) is 0 Å². The van der Waals surface area contributed by atoms with Gasteiger partial charge in [0.15, 0.2) is 12.1 Å². The number of amides is 1. The zero-order chi connectivity index (χ0) is 19.2. The third-order valence-electron chi connectivity index (χ3n) is 4.27. The minimum atomic E-state index is -1.52. The molecular formula is C20H21NO6. The first-order valence-electron chi connectivity index (χ1n) is 8.59. The number of nitrogens with one attached hydrogen (secondary N) is 1. The van der Waals surface area contributed by atoms with Gasteiger partial charge in [0, 0.05) is 5.56 Å². The molecule has 1 aliphatic rings. The fraction of sp³-hybridized carbons (Fsp3) is 0.300. The quantitative estimate of drug-likeness (QED) is 0.660. The third kappa shape index (κ3) is 4.78. The molecule has 2 aromatic carbocycles. The Balaban J connectivity index is 1.58. The van der Waals surface area contributed by atoms with Crippen molar-refractivity contribution in [3.05, 3.63) is 71.8 Å². The number of ketones is 1. The summed E-state index contributed by atoms with van der Waals surface area (Å²) in [6.45, 7) is -0.151. The average Bonchev–Trinajstić information content (AvgIpc) is 3.00. The van der Waals surface area contributed by atoms with Crippen molar-refractivity contribution < 1.29 is 29.3 Å². The Kier molecular flexibility index (Phi) is 6.31. The minimum Gasteiger partial charge on any atom is -0.385 e. The van der Waals surface area contributed by atoms with Crippen molar-refractivity contribution in [1.82, 2.24) is 5.32 Å². The minimum absolute atomic E-state index is 0.152. The molecule has 1 fully saturated rings. The van der Waals surface area contributed by atoms with Gasteiger partial charge in [0.05, 0.1) is 13.2 Å². The van der Waals surface area contributed by atoms with E-state index in [0.29, 0.717) is 5.56 Å². The van der Waals surface area contributed by atoms with Crippen LogP contribution in [-0.2, 0) is 20.9 Å². The SMILES string of the molecule is O=C(NCC(=O)[C@H]1O[C@H](O)[C@H](O)[C@H]1OCc1ccccc1)c1ccccc1. The Morgan fingerprint density at radius 2 is 1.63 bits per heavy atom. The van der Waals surface area contributed by atoms with E-state index in [0.717, 1.165) is 5.56 Å². The predicted molar refractivity (Wildman–Crippen MR) is 95.7 cm³/mol. The van der Waals surface area contributed by atoms with Gasteiger partial charge >= 0.3 is 0 Å². The van der Waals surface area contributed by atoms with Gasteiger partial charge in [-0.2, -0.15) is 0 Å². The normalized spacial score (nSPS) is 24.5. The molecule has 0 radical (unpaired) electrons. The van der Waals surface area contributed by atoms with Crippen molar-refractivity contribution in [2.75, 3.05) is 6.54 Å². The predicted octanol–water partition coefficient (Wildman–Crippen LogP) is 0.649. The summed E-state index contributed by atoms with van der Waals surface area (Å²) in [5, 5.41) is 22.3. The lowest BCUT2D eigenvalue weighted by atomic mass is 10.1. The highest BCUT2D eigenvalue weighted by atomic mass is 16.7. The number of hydrogen-bond donors (Lipinski definition) is 3. The smallest absolute Gasteiger partial charge is 0.251 e. The van der Waals surface area contributed by atoms with Gasteiger partial charge in [0.25, 0.3) is 5.91 Å². The van der Waals surface area contributed by atoms with Crippen molar-refractivity contribution in [2.24, 2.45) is 0 Å². The average molecular weight is 371 g/mol. The molecular weight excluding hydrogens is 350 g/mol. The van der Waals surface area contributed by atoms with Crippen molar-refractivity contribution in [3.63, 3.8) is 0 Å². The molecule has 3 rings (SSSR count). The molecule has 0 unspecified atom stereocenters. The Morgan fingerprint density at radius 1 is 1.00 bits per heavy atom. The summed E-state index contributed by atoms with van der Waals surface area (Å²) in [5.74, 6) is -0.891. The van der Waals surface area contributed by atoms with Crippen LogP contribution in [-0.4, -0.2) is 53.1 Å². The Hall–Kier alpha value is -2.58. The van der Waals surface area contributed by atoms with E-state index in [2.05, 4.69) is 5.32 Å². The first-order chi connectivity index (χ1) is 13.1. The maximum atomic E-state index is 12.5. The Bertz CT molecular complexity index is 767. The molecule has 0 saturated carbocycles. The van der Waals surface area contributed by atoms with Gasteiger partial charge < -0.3 is 25.0 Å². The standard InChI is InChI=1S/C20H21NO6/c22-15(11-21-19(24)14-9-5-2-6-10-14)17-18(16(23)20(25)27-17)26-12-13-7-3-1-4-8-13/h1-10,16-18,20,23,25H,11-12H2,(H,21,24)/t16-,17-,18-,20+/m1/s1. The zero-order valence-corrected chi connectivity index (χ0v) is 14.5. The van der Waals surface area contributed by atoms with Crippen LogP contribution < -0.4 is 5.32 Å². The fourth-order valence-corrected chi connectivity index (χ4v) is 2.82.